The number of hydrogen-bond donors (Lipinski definition) is 1. The zero-order valence-electron chi connectivity index (χ0n) is 18.1. The molecule has 7 nitrogen and oxygen atoms in total. The Balaban J connectivity index is 1.75. The Morgan fingerprint density at radius 1 is 1.32 bits per heavy atom. The molecule has 0 spiro atoms. The molecule has 1 aromatic carbocycles. The van der Waals surface area contributed by atoms with E-state index >= 15 is 0 Å². The summed E-state index contributed by atoms with van der Waals surface area (Å²) in [7, 11) is 0. The zero-order chi connectivity index (χ0) is 22.5. The van der Waals surface area contributed by atoms with Crippen LogP contribution in [0.5, 0.6) is 5.75 Å². The van der Waals surface area contributed by atoms with Crippen molar-refractivity contribution in [2.24, 2.45) is 0 Å². The average Bonchev–Trinajstić information content (AvgIpc) is 3.32. The van der Waals surface area contributed by atoms with Gasteiger partial charge in [0.05, 0.1) is 24.3 Å². The fraction of sp³-hybridized carbons (Fsp3) is 0.348. The van der Waals surface area contributed by atoms with Crippen molar-refractivity contribution in [1.82, 2.24) is 10.2 Å². The number of carbonyl (C=O) groups excluding carboxylic acids is 3. The Morgan fingerprint density at radius 3 is 2.74 bits per heavy atom. The largest absolute Gasteiger partial charge is 0.494 e. The van der Waals surface area contributed by atoms with E-state index in [1.54, 1.807) is 18.2 Å². The Kier molecular flexibility index (Phi) is 7.22. The number of nitrogens with one attached hydrogen (secondary N) is 1. The molecule has 0 atom stereocenters. The Bertz CT molecular complexity index is 1010. The van der Waals surface area contributed by atoms with Crippen LogP contribution in [0, 0.1) is 6.92 Å². The van der Waals surface area contributed by atoms with Crippen molar-refractivity contribution in [2.45, 2.75) is 40.2 Å². The van der Waals surface area contributed by atoms with E-state index in [-0.39, 0.29) is 19.0 Å². The lowest BCUT2D eigenvalue weighted by atomic mass is 9.96. The smallest absolute Gasteiger partial charge is 0.294 e. The summed E-state index contributed by atoms with van der Waals surface area (Å²) < 4.78 is 10.9. The summed E-state index contributed by atoms with van der Waals surface area (Å²) in [5.74, 6) is 0.756. The van der Waals surface area contributed by atoms with Gasteiger partial charge in [0.2, 0.25) is 5.91 Å². The van der Waals surface area contributed by atoms with Crippen molar-refractivity contribution in [2.75, 3.05) is 13.2 Å². The number of amides is 3. The molecule has 1 aliphatic rings. The van der Waals surface area contributed by atoms with Gasteiger partial charge in [0.1, 0.15) is 18.1 Å². The summed E-state index contributed by atoms with van der Waals surface area (Å²) in [6, 6.07) is 7.40. The highest BCUT2D eigenvalue weighted by Gasteiger charge is 2.36. The molecule has 1 fully saturated rings. The molecule has 0 bridgehead atoms. The van der Waals surface area contributed by atoms with Crippen LogP contribution in [0.2, 0.25) is 0 Å². The van der Waals surface area contributed by atoms with Crippen LogP contribution in [0.25, 0.3) is 6.08 Å². The minimum Gasteiger partial charge on any atom is -0.494 e. The van der Waals surface area contributed by atoms with Crippen LogP contribution in [0.4, 0.5) is 4.79 Å². The summed E-state index contributed by atoms with van der Waals surface area (Å²) in [6.07, 6.45) is 3.22. The molecule has 0 saturated carbocycles. The van der Waals surface area contributed by atoms with Crippen LogP contribution in [0.15, 0.2) is 39.9 Å². The van der Waals surface area contributed by atoms with Gasteiger partial charge >= 0.3 is 0 Å². The maximum absolute atomic E-state index is 12.8. The fourth-order valence-electron chi connectivity index (χ4n) is 3.18. The van der Waals surface area contributed by atoms with E-state index in [4.69, 9.17) is 9.15 Å². The zero-order valence-corrected chi connectivity index (χ0v) is 18.9. The molecule has 1 N–H and O–H groups in total. The second kappa shape index (κ2) is 9.87. The molecule has 164 valence electrons. The highest BCUT2D eigenvalue weighted by molar-refractivity contribution is 8.18. The van der Waals surface area contributed by atoms with Gasteiger partial charge in [-0.25, -0.2) is 0 Å². The van der Waals surface area contributed by atoms with Crippen LogP contribution < -0.4 is 10.1 Å². The van der Waals surface area contributed by atoms with Crippen molar-refractivity contribution in [3.05, 3.63) is 57.9 Å². The molecule has 3 amide bonds. The molecular formula is C23H26N2O5S. The molecule has 1 aromatic heterocycles. The number of imide groups is 1. The van der Waals surface area contributed by atoms with E-state index in [0.29, 0.717) is 17.3 Å². The number of aryl methyl sites for hydroxylation is 1. The van der Waals surface area contributed by atoms with E-state index < -0.39 is 17.1 Å². The molecule has 8 heteroatoms. The van der Waals surface area contributed by atoms with Crippen LogP contribution >= 0.6 is 11.8 Å². The quantitative estimate of drug-likeness (QED) is 0.607. The van der Waals surface area contributed by atoms with Crippen molar-refractivity contribution in [1.29, 1.82) is 0 Å². The Labute approximate surface area is 185 Å². The maximum Gasteiger partial charge on any atom is 0.294 e. The number of thioether (sulfide) groups is 1. The summed E-state index contributed by atoms with van der Waals surface area (Å²) >= 11 is 0.841. The predicted octanol–water partition coefficient (Wildman–Crippen LogP) is 4.46. The molecular weight excluding hydrogens is 416 g/mol. The minimum atomic E-state index is -0.470. The SMILES string of the molecule is CCOc1cc(C)c(/C=C2\SC(=O)N(CC(=O)NCc3ccco3)C2=O)cc1C(C)C. The Hall–Kier alpha value is -3.00. The predicted molar refractivity (Wildman–Crippen MR) is 120 cm³/mol. The first-order valence-electron chi connectivity index (χ1n) is 10.1. The molecule has 0 radical (unpaired) electrons. The van der Waals surface area contributed by atoms with Crippen LogP contribution in [-0.2, 0) is 16.1 Å². The molecule has 0 aliphatic carbocycles. The molecule has 2 aromatic rings. The van der Waals surface area contributed by atoms with Gasteiger partial charge in [-0.05, 0) is 78.6 Å². The van der Waals surface area contributed by atoms with E-state index in [1.807, 2.05) is 26.0 Å². The maximum atomic E-state index is 12.8. The van der Waals surface area contributed by atoms with E-state index in [2.05, 4.69) is 19.2 Å². The third-order valence-corrected chi connectivity index (χ3v) is 5.73. The molecule has 1 saturated heterocycles. The number of furan rings is 1. The standard InChI is InChI=1S/C23H26N2O5S/c1-5-29-19-9-15(4)16(10-18(19)14(2)3)11-20-22(27)25(23(28)31-20)13-21(26)24-12-17-7-6-8-30-17/h6-11,14H,5,12-13H2,1-4H3,(H,24,26)/b20-11-. The summed E-state index contributed by atoms with van der Waals surface area (Å²) in [5.41, 5.74) is 2.82. The van der Waals surface area contributed by atoms with Crippen molar-refractivity contribution >= 4 is 34.9 Å². The van der Waals surface area contributed by atoms with Gasteiger partial charge in [-0.15, -0.1) is 0 Å². The van der Waals surface area contributed by atoms with Gasteiger partial charge in [-0.3, -0.25) is 19.3 Å². The van der Waals surface area contributed by atoms with Crippen LogP contribution in [0.1, 0.15) is 49.1 Å². The second-order valence-electron chi connectivity index (χ2n) is 7.46. The Morgan fingerprint density at radius 2 is 2.10 bits per heavy atom. The molecule has 3 rings (SSSR count). The van der Waals surface area contributed by atoms with Crippen molar-refractivity contribution in [3.63, 3.8) is 0 Å². The highest BCUT2D eigenvalue weighted by atomic mass is 32.2. The van der Waals surface area contributed by atoms with Gasteiger partial charge < -0.3 is 14.5 Å². The topological polar surface area (TPSA) is 88.8 Å². The second-order valence-corrected chi connectivity index (χ2v) is 8.45. The van der Waals surface area contributed by atoms with Crippen LogP contribution in [-0.4, -0.2) is 35.1 Å². The minimum absolute atomic E-state index is 0.196. The number of rotatable bonds is 8. The van der Waals surface area contributed by atoms with Crippen LogP contribution in [0.3, 0.4) is 0 Å². The number of nitrogens with zero attached hydrogens (tertiary/aromatic N) is 1. The molecule has 1 aliphatic heterocycles. The third kappa shape index (κ3) is 5.38. The third-order valence-electron chi connectivity index (χ3n) is 4.82. The first kappa shape index (κ1) is 22.7. The molecule has 2 heterocycles. The van der Waals surface area contributed by atoms with E-state index in [9.17, 15) is 14.4 Å². The molecule has 0 unspecified atom stereocenters. The first-order valence-corrected chi connectivity index (χ1v) is 10.9. The summed E-state index contributed by atoms with van der Waals surface area (Å²) in [6.45, 7) is 8.46. The van der Waals surface area contributed by atoms with Crippen molar-refractivity contribution < 1.29 is 23.5 Å². The highest BCUT2D eigenvalue weighted by Crippen LogP contribution is 2.35. The van der Waals surface area contributed by atoms with Crippen molar-refractivity contribution in [3.8, 4) is 5.75 Å². The van der Waals surface area contributed by atoms with E-state index in [1.165, 1.54) is 6.26 Å². The lowest BCUT2D eigenvalue weighted by Gasteiger charge is -2.16. The van der Waals surface area contributed by atoms with Gasteiger partial charge in [0.15, 0.2) is 0 Å². The van der Waals surface area contributed by atoms with E-state index in [0.717, 1.165) is 39.1 Å². The molecule has 31 heavy (non-hydrogen) atoms. The van der Waals surface area contributed by atoms with Gasteiger partial charge in [0, 0.05) is 0 Å². The monoisotopic (exact) mass is 442 g/mol. The average molecular weight is 443 g/mol. The summed E-state index contributed by atoms with van der Waals surface area (Å²) in [5, 5.41) is 2.18. The number of ether oxygens (including phenoxy) is 1. The lowest BCUT2D eigenvalue weighted by Crippen LogP contribution is -2.39. The number of hydrogen-bond acceptors (Lipinski definition) is 6. The van der Waals surface area contributed by atoms with Gasteiger partial charge in [-0.2, -0.15) is 0 Å². The van der Waals surface area contributed by atoms with Gasteiger partial charge in [0.25, 0.3) is 11.1 Å². The summed E-state index contributed by atoms with van der Waals surface area (Å²) in [4.78, 5) is 38.6. The number of carbonyl (C=O) groups is 3. The first-order chi connectivity index (χ1) is 14.8. The number of benzene rings is 1. The van der Waals surface area contributed by atoms with Gasteiger partial charge in [-0.1, -0.05) is 13.8 Å². The lowest BCUT2D eigenvalue weighted by molar-refractivity contribution is -0.129. The fourth-order valence-corrected chi connectivity index (χ4v) is 4.01. The normalized spacial score (nSPS) is 15.3.